The Morgan fingerprint density at radius 2 is 1.48 bits per heavy atom. The first-order valence-electron chi connectivity index (χ1n) is 5.85. The Hall–Kier alpha value is -1.68. The standard InChI is InChI=1S/C11H18N2O6S2/c1-3-20(16,17)8-11(15)12-7-5-6-10(14)13-9-21(18,19)4-2/h3-4H,1-2,5-9H2,(H,12,15)(H,13,14). The fraction of sp³-hybridized carbons (Fsp3) is 0.455. The molecule has 120 valence electrons. The Labute approximate surface area is 124 Å². The summed E-state index contributed by atoms with van der Waals surface area (Å²) in [6.07, 6.45) is 0.251. The summed E-state index contributed by atoms with van der Waals surface area (Å²) in [6.45, 7) is 6.28. The largest absolute Gasteiger partial charge is 0.355 e. The Bertz CT molecular complexity index is 607. The highest BCUT2D eigenvalue weighted by Gasteiger charge is 2.12. The lowest BCUT2D eigenvalue weighted by Crippen LogP contribution is -2.32. The van der Waals surface area contributed by atoms with Crippen LogP contribution in [0.15, 0.2) is 24.0 Å². The third kappa shape index (κ3) is 9.79. The first kappa shape index (κ1) is 19.3. The van der Waals surface area contributed by atoms with Crippen LogP contribution in [-0.2, 0) is 29.3 Å². The van der Waals surface area contributed by atoms with Crippen molar-refractivity contribution in [3.8, 4) is 0 Å². The molecule has 0 fully saturated rings. The number of nitrogens with one attached hydrogen (secondary N) is 2. The quantitative estimate of drug-likeness (QED) is 0.496. The normalized spacial score (nSPS) is 11.4. The topological polar surface area (TPSA) is 126 Å². The van der Waals surface area contributed by atoms with Crippen molar-refractivity contribution in [3.63, 3.8) is 0 Å². The predicted octanol–water partition coefficient (Wildman–Crippen LogP) is -0.927. The molecule has 0 saturated heterocycles. The van der Waals surface area contributed by atoms with E-state index in [1.54, 1.807) is 0 Å². The maximum Gasteiger partial charge on any atom is 0.235 e. The fourth-order valence-corrected chi connectivity index (χ4v) is 2.16. The van der Waals surface area contributed by atoms with Crippen molar-refractivity contribution in [2.45, 2.75) is 12.8 Å². The van der Waals surface area contributed by atoms with E-state index in [2.05, 4.69) is 23.8 Å². The maximum absolute atomic E-state index is 11.3. The van der Waals surface area contributed by atoms with Crippen molar-refractivity contribution in [3.05, 3.63) is 24.0 Å². The molecule has 8 nitrogen and oxygen atoms in total. The van der Waals surface area contributed by atoms with Gasteiger partial charge in [0.25, 0.3) is 0 Å². The summed E-state index contributed by atoms with van der Waals surface area (Å²) < 4.78 is 44.2. The van der Waals surface area contributed by atoms with Gasteiger partial charge < -0.3 is 10.6 Å². The molecule has 0 bridgehead atoms. The number of amides is 2. The molecule has 0 radical (unpaired) electrons. The lowest BCUT2D eigenvalue weighted by molar-refractivity contribution is -0.121. The smallest absolute Gasteiger partial charge is 0.235 e. The summed E-state index contributed by atoms with van der Waals surface area (Å²) in [5.41, 5.74) is 0. The predicted molar refractivity (Wildman–Crippen MR) is 78.4 cm³/mol. The third-order valence-electron chi connectivity index (χ3n) is 2.21. The molecule has 0 unspecified atom stereocenters. The molecule has 2 amide bonds. The van der Waals surface area contributed by atoms with Crippen molar-refractivity contribution < 1.29 is 26.4 Å². The molecule has 0 aliphatic heterocycles. The van der Waals surface area contributed by atoms with E-state index in [0.717, 1.165) is 5.41 Å². The lowest BCUT2D eigenvalue weighted by atomic mass is 10.3. The molecular formula is C11H18N2O6S2. The van der Waals surface area contributed by atoms with Gasteiger partial charge in [-0.2, -0.15) is 0 Å². The molecule has 0 spiro atoms. The minimum absolute atomic E-state index is 0.00114. The number of rotatable bonds is 10. The Morgan fingerprint density at radius 3 is 2.00 bits per heavy atom. The van der Waals surface area contributed by atoms with E-state index in [-0.39, 0.29) is 19.4 Å². The van der Waals surface area contributed by atoms with Gasteiger partial charge in [-0.1, -0.05) is 13.2 Å². The summed E-state index contributed by atoms with van der Waals surface area (Å²) >= 11 is 0. The van der Waals surface area contributed by atoms with E-state index in [0.29, 0.717) is 5.41 Å². The van der Waals surface area contributed by atoms with Crippen LogP contribution in [0.3, 0.4) is 0 Å². The van der Waals surface area contributed by atoms with Crippen molar-refractivity contribution in [2.24, 2.45) is 0 Å². The molecule has 0 saturated carbocycles. The minimum atomic E-state index is -3.60. The number of carbonyl (C=O) groups excluding carboxylic acids is 2. The van der Waals surface area contributed by atoms with Gasteiger partial charge >= 0.3 is 0 Å². The summed E-state index contributed by atoms with van der Waals surface area (Å²) in [7, 11) is -7.10. The van der Waals surface area contributed by atoms with Crippen molar-refractivity contribution >= 4 is 31.5 Å². The average Bonchev–Trinajstić information content (AvgIpc) is 2.41. The van der Waals surface area contributed by atoms with Gasteiger partial charge in [-0.05, 0) is 6.42 Å². The molecule has 0 aromatic heterocycles. The number of sulfone groups is 2. The molecule has 0 rings (SSSR count). The van der Waals surface area contributed by atoms with Crippen molar-refractivity contribution in [1.82, 2.24) is 10.6 Å². The monoisotopic (exact) mass is 338 g/mol. The van der Waals surface area contributed by atoms with Crippen LogP contribution in [0.1, 0.15) is 12.8 Å². The van der Waals surface area contributed by atoms with E-state index in [1.807, 2.05) is 0 Å². The second kappa shape index (κ2) is 8.57. The molecule has 0 atom stereocenters. The Morgan fingerprint density at radius 1 is 0.905 bits per heavy atom. The van der Waals surface area contributed by atoms with Gasteiger partial charge in [-0.3, -0.25) is 9.59 Å². The van der Waals surface area contributed by atoms with Crippen LogP contribution in [0.5, 0.6) is 0 Å². The molecule has 0 heterocycles. The average molecular weight is 338 g/mol. The van der Waals surface area contributed by atoms with Gasteiger partial charge in [0.1, 0.15) is 11.6 Å². The molecule has 10 heteroatoms. The van der Waals surface area contributed by atoms with E-state index in [1.165, 1.54) is 0 Å². The summed E-state index contributed by atoms with van der Waals surface area (Å²) in [4.78, 5) is 22.5. The number of hydrogen-bond acceptors (Lipinski definition) is 6. The van der Waals surface area contributed by atoms with Crippen LogP contribution in [0.2, 0.25) is 0 Å². The van der Waals surface area contributed by atoms with E-state index in [9.17, 15) is 26.4 Å². The zero-order chi connectivity index (χ0) is 16.5. The van der Waals surface area contributed by atoms with Crippen LogP contribution < -0.4 is 10.6 Å². The first-order valence-corrected chi connectivity index (χ1v) is 9.29. The summed E-state index contributed by atoms with van der Waals surface area (Å²) in [5.74, 6) is -2.41. The molecule has 21 heavy (non-hydrogen) atoms. The van der Waals surface area contributed by atoms with E-state index in [4.69, 9.17) is 0 Å². The first-order chi connectivity index (χ1) is 9.62. The van der Waals surface area contributed by atoms with Crippen LogP contribution in [0.4, 0.5) is 0 Å². The number of hydrogen-bond donors (Lipinski definition) is 2. The molecule has 0 aliphatic rings. The molecular weight excluding hydrogens is 320 g/mol. The van der Waals surface area contributed by atoms with Gasteiger partial charge in [-0.25, -0.2) is 16.8 Å². The highest BCUT2D eigenvalue weighted by Crippen LogP contribution is 1.93. The van der Waals surface area contributed by atoms with E-state index < -0.39 is 43.1 Å². The second-order valence-electron chi connectivity index (χ2n) is 4.00. The van der Waals surface area contributed by atoms with Gasteiger partial charge in [0, 0.05) is 23.8 Å². The summed E-state index contributed by atoms with van der Waals surface area (Å²) in [5, 5.41) is 5.96. The van der Waals surface area contributed by atoms with Crippen molar-refractivity contribution in [1.29, 1.82) is 0 Å². The molecule has 2 N–H and O–H groups in total. The Balaban J connectivity index is 3.91. The summed E-state index contributed by atoms with van der Waals surface area (Å²) in [6, 6.07) is 0. The van der Waals surface area contributed by atoms with Gasteiger partial charge in [0.05, 0.1) is 0 Å². The molecule has 0 aromatic rings. The van der Waals surface area contributed by atoms with Crippen molar-refractivity contribution in [2.75, 3.05) is 18.2 Å². The SMILES string of the molecule is C=CS(=O)(=O)CNC(=O)CCCNC(=O)CS(=O)(=O)C=C. The zero-order valence-corrected chi connectivity index (χ0v) is 13.0. The fourth-order valence-electron chi connectivity index (χ4n) is 1.10. The number of carbonyl (C=O) groups is 2. The minimum Gasteiger partial charge on any atom is -0.355 e. The lowest BCUT2D eigenvalue weighted by Gasteiger charge is -2.05. The van der Waals surface area contributed by atoms with Crippen LogP contribution in [0, 0.1) is 0 Å². The molecule has 0 aromatic carbocycles. The zero-order valence-electron chi connectivity index (χ0n) is 11.4. The van der Waals surface area contributed by atoms with Crippen LogP contribution in [-0.4, -0.2) is 46.8 Å². The maximum atomic E-state index is 11.3. The highest BCUT2D eigenvalue weighted by atomic mass is 32.2. The van der Waals surface area contributed by atoms with Crippen LogP contribution in [0.25, 0.3) is 0 Å². The molecule has 0 aliphatic carbocycles. The second-order valence-corrected chi connectivity index (χ2v) is 7.90. The van der Waals surface area contributed by atoms with Gasteiger partial charge in [0.15, 0.2) is 19.7 Å². The van der Waals surface area contributed by atoms with Gasteiger partial charge in [0.2, 0.25) is 11.8 Å². The van der Waals surface area contributed by atoms with Gasteiger partial charge in [-0.15, -0.1) is 0 Å². The Kier molecular flexibility index (Phi) is 7.89. The van der Waals surface area contributed by atoms with Crippen LogP contribution >= 0.6 is 0 Å². The van der Waals surface area contributed by atoms with E-state index >= 15 is 0 Å². The third-order valence-corrected chi connectivity index (χ3v) is 4.44. The highest BCUT2D eigenvalue weighted by molar-refractivity contribution is 7.95.